The minimum atomic E-state index is -2.40. The zero-order valence-electron chi connectivity index (χ0n) is 9.34. The van der Waals surface area contributed by atoms with Crippen molar-refractivity contribution in [3.05, 3.63) is 0 Å². The van der Waals surface area contributed by atoms with E-state index in [1.54, 1.807) is 21.3 Å². The Labute approximate surface area is 87.3 Å². The maximum Gasteiger partial charge on any atom is 0.514 e. The molecule has 1 saturated carbocycles. The van der Waals surface area contributed by atoms with Crippen molar-refractivity contribution in [1.82, 2.24) is 5.32 Å². The highest BCUT2D eigenvalue weighted by Gasteiger charge is 2.38. The zero-order valence-corrected chi connectivity index (χ0v) is 10.3. The summed E-state index contributed by atoms with van der Waals surface area (Å²) in [7, 11) is 2.55. The Balaban J connectivity index is 2.31. The van der Waals surface area contributed by atoms with Crippen molar-refractivity contribution in [3.63, 3.8) is 0 Å². The summed E-state index contributed by atoms with van der Waals surface area (Å²) in [6.45, 7) is 0. The molecule has 0 amide bonds. The van der Waals surface area contributed by atoms with Gasteiger partial charge in [0.25, 0.3) is 0 Å². The molecule has 1 aliphatic rings. The van der Waals surface area contributed by atoms with E-state index in [9.17, 15) is 0 Å². The minimum Gasteiger partial charge on any atom is -0.376 e. The fourth-order valence-corrected chi connectivity index (χ4v) is 3.34. The van der Waals surface area contributed by atoms with E-state index >= 15 is 0 Å². The zero-order chi connectivity index (χ0) is 10.4. The first-order chi connectivity index (χ1) is 6.76. The monoisotopic (exact) mass is 219 g/mol. The second-order valence-electron chi connectivity index (χ2n) is 3.66. The van der Waals surface area contributed by atoms with Gasteiger partial charge < -0.3 is 18.6 Å². The maximum atomic E-state index is 5.33. The lowest BCUT2D eigenvalue weighted by atomic mass is 10.3. The quantitative estimate of drug-likeness (QED) is 0.675. The fraction of sp³-hybridized carbons (Fsp3) is 1.00. The molecule has 0 atom stereocenters. The van der Waals surface area contributed by atoms with E-state index < -0.39 is 8.80 Å². The number of hydrogen-bond acceptors (Lipinski definition) is 4. The van der Waals surface area contributed by atoms with Crippen molar-refractivity contribution < 1.29 is 13.3 Å². The molecule has 1 N–H and O–H groups in total. The van der Waals surface area contributed by atoms with E-state index in [0.29, 0.717) is 12.2 Å². The average molecular weight is 219 g/mol. The summed E-state index contributed by atoms with van der Waals surface area (Å²) in [5, 5.41) is 3.46. The lowest BCUT2D eigenvalue weighted by Gasteiger charge is -2.26. The highest BCUT2D eigenvalue weighted by molar-refractivity contribution is 6.60. The molecule has 4 nitrogen and oxygen atoms in total. The first-order valence-corrected chi connectivity index (χ1v) is 7.08. The Hall–Kier alpha value is 0.0569. The number of hydrogen-bond donors (Lipinski definition) is 1. The molecule has 5 heteroatoms. The molecule has 14 heavy (non-hydrogen) atoms. The van der Waals surface area contributed by atoms with Crippen molar-refractivity contribution in [2.24, 2.45) is 0 Å². The standard InChI is InChI=1S/C9H21NO3Si/c1-11-14(12-2,13-3)8-10-9-6-4-5-7-9/h9-10H,4-8H2,1-3H3. The summed E-state index contributed by atoms with van der Waals surface area (Å²) >= 11 is 0. The van der Waals surface area contributed by atoms with Crippen molar-refractivity contribution in [3.8, 4) is 0 Å². The molecule has 0 spiro atoms. The van der Waals surface area contributed by atoms with Crippen LogP contribution in [0.3, 0.4) is 0 Å². The Morgan fingerprint density at radius 3 is 2.00 bits per heavy atom. The van der Waals surface area contributed by atoms with Gasteiger partial charge >= 0.3 is 8.80 Å². The SMILES string of the molecule is CO[Si](CNC1CCCC1)(OC)OC. The number of nitrogens with one attached hydrogen (secondary N) is 1. The second-order valence-corrected chi connectivity index (χ2v) is 6.60. The molecule has 0 bridgehead atoms. The van der Waals surface area contributed by atoms with Crippen LogP contribution in [0, 0.1) is 0 Å². The van der Waals surface area contributed by atoms with E-state index in [-0.39, 0.29) is 0 Å². The molecule has 0 aromatic rings. The maximum absolute atomic E-state index is 5.33. The molecule has 1 aliphatic carbocycles. The van der Waals surface area contributed by atoms with Crippen LogP contribution in [0.4, 0.5) is 0 Å². The van der Waals surface area contributed by atoms with Crippen LogP contribution >= 0.6 is 0 Å². The van der Waals surface area contributed by atoms with Crippen LogP contribution in [0.1, 0.15) is 25.7 Å². The third-order valence-corrected chi connectivity index (χ3v) is 5.40. The lowest BCUT2D eigenvalue weighted by Crippen LogP contribution is -2.53. The van der Waals surface area contributed by atoms with Gasteiger partial charge in [0.15, 0.2) is 0 Å². The van der Waals surface area contributed by atoms with Crippen molar-refractivity contribution in [1.29, 1.82) is 0 Å². The molecular formula is C9H21NO3Si. The van der Waals surface area contributed by atoms with E-state index in [2.05, 4.69) is 5.32 Å². The van der Waals surface area contributed by atoms with Gasteiger partial charge in [0.1, 0.15) is 0 Å². The molecule has 0 unspecified atom stereocenters. The van der Waals surface area contributed by atoms with Gasteiger partial charge in [-0.1, -0.05) is 12.8 Å². The summed E-state index contributed by atoms with van der Waals surface area (Å²) in [5.74, 6) is 0. The number of rotatable bonds is 6. The van der Waals surface area contributed by atoms with Gasteiger partial charge in [-0.3, -0.25) is 0 Å². The Morgan fingerprint density at radius 1 is 1.07 bits per heavy atom. The first kappa shape index (κ1) is 12.1. The van der Waals surface area contributed by atoms with Crippen molar-refractivity contribution in [2.45, 2.75) is 31.7 Å². The normalized spacial score (nSPS) is 19.1. The Bertz CT molecular complexity index is 150. The summed E-state index contributed by atoms with van der Waals surface area (Å²) < 4.78 is 16.0. The predicted octanol–water partition coefficient (Wildman–Crippen LogP) is 0.936. The van der Waals surface area contributed by atoms with E-state index in [0.717, 1.165) is 0 Å². The summed E-state index contributed by atoms with van der Waals surface area (Å²) in [6.07, 6.45) is 5.91. The molecule has 0 aromatic heterocycles. The lowest BCUT2D eigenvalue weighted by molar-refractivity contribution is 0.120. The molecule has 0 radical (unpaired) electrons. The van der Waals surface area contributed by atoms with E-state index in [1.807, 2.05) is 0 Å². The fourth-order valence-electron chi connectivity index (χ4n) is 1.87. The third kappa shape index (κ3) is 3.03. The summed E-state index contributed by atoms with van der Waals surface area (Å²) in [6, 6.07) is 0.627. The Kier molecular flexibility index (Phi) is 5.04. The smallest absolute Gasteiger partial charge is 0.376 e. The molecule has 0 saturated heterocycles. The highest BCUT2D eigenvalue weighted by Crippen LogP contribution is 2.18. The van der Waals surface area contributed by atoms with E-state index in [4.69, 9.17) is 13.3 Å². The Morgan fingerprint density at radius 2 is 1.57 bits per heavy atom. The summed E-state index contributed by atoms with van der Waals surface area (Å²) in [5.41, 5.74) is 0. The average Bonchev–Trinajstić information content (AvgIpc) is 2.74. The summed E-state index contributed by atoms with van der Waals surface area (Å²) in [4.78, 5) is 0. The van der Waals surface area contributed by atoms with Crippen LogP contribution in [0.15, 0.2) is 0 Å². The molecule has 1 fully saturated rings. The third-order valence-electron chi connectivity index (χ3n) is 2.90. The minimum absolute atomic E-state index is 0.627. The van der Waals surface area contributed by atoms with Gasteiger partial charge in [-0.25, -0.2) is 0 Å². The van der Waals surface area contributed by atoms with Crippen LogP contribution in [-0.4, -0.2) is 42.3 Å². The van der Waals surface area contributed by atoms with Crippen molar-refractivity contribution in [2.75, 3.05) is 27.5 Å². The first-order valence-electron chi connectivity index (χ1n) is 5.15. The van der Waals surface area contributed by atoms with Gasteiger partial charge in [-0.15, -0.1) is 0 Å². The molecular weight excluding hydrogens is 198 g/mol. The van der Waals surface area contributed by atoms with Crippen LogP contribution in [0.5, 0.6) is 0 Å². The largest absolute Gasteiger partial charge is 0.514 e. The van der Waals surface area contributed by atoms with Gasteiger partial charge in [0, 0.05) is 27.4 Å². The molecule has 0 aromatic carbocycles. The van der Waals surface area contributed by atoms with Crippen LogP contribution in [0.2, 0.25) is 0 Å². The molecule has 0 heterocycles. The van der Waals surface area contributed by atoms with Gasteiger partial charge in [0.2, 0.25) is 0 Å². The van der Waals surface area contributed by atoms with Crippen LogP contribution in [0.25, 0.3) is 0 Å². The van der Waals surface area contributed by atoms with Gasteiger partial charge in [-0.2, -0.15) is 0 Å². The molecule has 84 valence electrons. The van der Waals surface area contributed by atoms with E-state index in [1.165, 1.54) is 25.7 Å². The van der Waals surface area contributed by atoms with Gasteiger partial charge in [0.05, 0.1) is 6.17 Å². The van der Waals surface area contributed by atoms with Crippen LogP contribution in [-0.2, 0) is 13.3 Å². The second kappa shape index (κ2) is 5.82. The molecule has 1 rings (SSSR count). The van der Waals surface area contributed by atoms with Crippen LogP contribution < -0.4 is 5.32 Å². The topological polar surface area (TPSA) is 39.7 Å². The van der Waals surface area contributed by atoms with Gasteiger partial charge in [-0.05, 0) is 12.8 Å². The predicted molar refractivity (Wildman–Crippen MR) is 57.0 cm³/mol. The van der Waals surface area contributed by atoms with Crippen molar-refractivity contribution >= 4 is 8.80 Å². The highest BCUT2D eigenvalue weighted by atomic mass is 28.4. The molecule has 0 aliphatic heterocycles.